The number of nitrogens with one attached hydrogen (secondary N) is 1. The van der Waals surface area contributed by atoms with Crippen LogP contribution in [-0.4, -0.2) is 24.1 Å². The molecule has 134 valence electrons. The van der Waals surface area contributed by atoms with E-state index < -0.39 is 12.5 Å². The maximum Gasteiger partial charge on any atom is 0.387 e. The number of pyridine rings is 1. The molecule has 1 heterocycles. The molecule has 26 heavy (non-hydrogen) atoms. The van der Waals surface area contributed by atoms with Crippen LogP contribution in [0.2, 0.25) is 0 Å². The second kappa shape index (κ2) is 7.77. The van der Waals surface area contributed by atoms with Gasteiger partial charge < -0.3 is 14.8 Å². The van der Waals surface area contributed by atoms with E-state index in [1.54, 1.807) is 31.3 Å². The summed E-state index contributed by atoms with van der Waals surface area (Å²) >= 11 is 0. The molecule has 0 aliphatic heterocycles. The van der Waals surface area contributed by atoms with E-state index in [0.29, 0.717) is 5.69 Å². The first kappa shape index (κ1) is 17.6. The van der Waals surface area contributed by atoms with E-state index in [1.807, 2.05) is 12.1 Å². The SMILES string of the molecule is CCOc1cc(C(=O)Nc2cccc3ncccc23)ccc1OC(F)F. The summed E-state index contributed by atoms with van der Waals surface area (Å²) in [6, 6.07) is 13.1. The number of carbonyl (C=O) groups excluding carboxylic acids is 1. The minimum absolute atomic E-state index is 0.0834. The van der Waals surface area contributed by atoms with Crippen LogP contribution in [0.5, 0.6) is 11.5 Å². The summed E-state index contributed by atoms with van der Waals surface area (Å²) in [5.74, 6) is -0.432. The number of anilines is 1. The van der Waals surface area contributed by atoms with Gasteiger partial charge in [-0.05, 0) is 49.4 Å². The zero-order chi connectivity index (χ0) is 18.5. The molecule has 0 spiro atoms. The summed E-state index contributed by atoms with van der Waals surface area (Å²) < 4.78 is 34.7. The van der Waals surface area contributed by atoms with Crippen LogP contribution < -0.4 is 14.8 Å². The fourth-order valence-corrected chi connectivity index (χ4v) is 2.52. The largest absolute Gasteiger partial charge is 0.490 e. The minimum Gasteiger partial charge on any atom is -0.490 e. The van der Waals surface area contributed by atoms with E-state index in [-0.39, 0.29) is 23.7 Å². The molecule has 0 aliphatic carbocycles. The van der Waals surface area contributed by atoms with Crippen LogP contribution in [0.4, 0.5) is 14.5 Å². The second-order valence-corrected chi connectivity index (χ2v) is 5.30. The van der Waals surface area contributed by atoms with E-state index in [0.717, 1.165) is 10.9 Å². The lowest BCUT2D eigenvalue weighted by molar-refractivity contribution is -0.0514. The van der Waals surface area contributed by atoms with Crippen LogP contribution in [0.25, 0.3) is 10.9 Å². The Morgan fingerprint density at radius 2 is 2.00 bits per heavy atom. The molecule has 0 fully saturated rings. The number of ether oxygens (including phenoxy) is 2. The van der Waals surface area contributed by atoms with Crippen LogP contribution >= 0.6 is 0 Å². The van der Waals surface area contributed by atoms with Gasteiger partial charge in [0, 0.05) is 17.1 Å². The third-order valence-electron chi connectivity index (χ3n) is 3.62. The Bertz CT molecular complexity index is 926. The number of halogens is 2. The van der Waals surface area contributed by atoms with Crippen LogP contribution in [0.1, 0.15) is 17.3 Å². The van der Waals surface area contributed by atoms with Crippen molar-refractivity contribution in [1.82, 2.24) is 4.98 Å². The van der Waals surface area contributed by atoms with Gasteiger partial charge in [0.1, 0.15) is 0 Å². The minimum atomic E-state index is -2.97. The number of fused-ring (bicyclic) bond motifs is 1. The van der Waals surface area contributed by atoms with Crippen molar-refractivity contribution in [2.75, 3.05) is 11.9 Å². The van der Waals surface area contributed by atoms with Gasteiger partial charge in [-0.3, -0.25) is 9.78 Å². The van der Waals surface area contributed by atoms with Gasteiger partial charge in [0.25, 0.3) is 5.91 Å². The van der Waals surface area contributed by atoms with Gasteiger partial charge in [0.05, 0.1) is 17.8 Å². The smallest absolute Gasteiger partial charge is 0.387 e. The lowest BCUT2D eigenvalue weighted by Gasteiger charge is -2.13. The van der Waals surface area contributed by atoms with Crippen LogP contribution in [-0.2, 0) is 0 Å². The zero-order valence-corrected chi connectivity index (χ0v) is 13.9. The molecule has 0 saturated carbocycles. The summed E-state index contributed by atoms with van der Waals surface area (Å²) in [6.07, 6.45) is 1.67. The van der Waals surface area contributed by atoms with E-state index in [4.69, 9.17) is 4.74 Å². The molecule has 3 rings (SSSR count). The molecule has 0 unspecified atom stereocenters. The Morgan fingerprint density at radius 1 is 1.15 bits per heavy atom. The second-order valence-electron chi connectivity index (χ2n) is 5.30. The van der Waals surface area contributed by atoms with E-state index >= 15 is 0 Å². The molecule has 1 aromatic heterocycles. The molecule has 0 bridgehead atoms. The van der Waals surface area contributed by atoms with Gasteiger partial charge in [-0.15, -0.1) is 0 Å². The molecule has 0 saturated heterocycles. The standard InChI is InChI=1S/C19H16F2N2O3/c1-2-25-17-11-12(8-9-16(17)26-19(20)21)18(24)23-15-7-3-6-14-13(15)5-4-10-22-14/h3-11,19H,2H2,1H3,(H,23,24). The highest BCUT2D eigenvalue weighted by Gasteiger charge is 2.15. The number of hydrogen-bond acceptors (Lipinski definition) is 4. The normalized spacial score (nSPS) is 10.8. The predicted octanol–water partition coefficient (Wildman–Crippen LogP) is 4.49. The number of alkyl halides is 2. The monoisotopic (exact) mass is 358 g/mol. The molecule has 5 nitrogen and oxygen atoms in total. The van der Waals surface area contributed by atoms with Crippen molar-refractivity contribution in [2.24, 2.45) is 0 Å². The van der Waals surface area contributed by atoms with Gasteiger partial charge in [-0.25, -0.2) is 0 Å². The van der Waals surface area contributed by atoms with Crippen molar-refractivity contribution in [3.63, 3.8) is 0 Å². The first-order valence-electron chi connectivity index (χ1n) is 7.95. The van der Waals surface area contributed by atoms with Gasteiger partial charge in [0.2, 0.25) is 0 Å². The Kier molecular flexibility index (Phi) is 5.26. The molecular weight excluding hydrogens is 342 g/mol. The van der Waals surface area contributed by atoms with Crippen LogP contribution in [0.15, 0.2) is 54.7 Å². The number of aromatic nitrogens is 1. The lowest BCUT2D eigenvalue weighted by atomic mass is 10.1. The quantitative estimate of drug-likeness (QED) is 0.705. The maximum atomic E-state index is 12.6. The summed E-state index contributed by atoms with van der Waals surface area (Å²) in [5, 5.41) is 3.60. The van der Waals surface area contributed by atoms with Crippen molar-refractivity contribution < 1.29 is 23.0 Å². The van der Waals surface area contributed by atoms with E-state index in [2.05, 4.69) is 15.0 Å². The Balaban J connectivity index is 1.88. The highest BCUT2D eigenvalue weighted by molar-refractivity contribution is 6.08. The van der Waals surface area contributed by atoms with Crippen molar-refractivity contribution in [2.45, 2.75) is 13.5 Å². The molecule has 2 aromatic carbocycles. The molecule has 1 amide bonds. The average Bonchev–Trinajstić information content (AvgIpc) is 2.63. The summed E-state index contributed by atoms with van der Waals surface area (Å²) in [4.78, 5) is 16.8. The predicted molar refractivity (Wildman–Crippen MR) is 93.9 cm³/mol. The maximum absolute atomic E-state index is 12.6. The number of rotatable bonds is 6. The summed E-state index contributed by atoms with van der Waals surface area (Å²) in [7, 11) is 0. The molecule has 0 aliphatic rings. The molecular formula is C19H16F2N2O3. The topological polar surface area (TPSA) is 60.5 Å². The fourth-order valence-electron chi connectivity index (χ4n) is 2.52. The number of nitrogens with zero attached hydrogens (tertiary/aromatic N) is 1. The highest BCUT2D eigenvalue weighted by Crippen LogP contribution is 2.30. The van der Waals surface area contributed by atoms with Gasteiger partial charge in [0.15, 0.2) is 11.5 Å². The molecule has 0 atom stereocenters. The third-order valence-corrected chi connectivity index (χ3v) is 3.62. The first-order valence-corrected chi connectivity index (χ1v) is 7.95. The van der Waals surface area contributed by atoms with Crippen LogP contribution in [0.3, 0.4) is 0 Å². The van der Waals surface area contributed by atoms with Crippen LogP contribution in [0, 0.1) is 0 Å². The Morgan fingerprint density at radius 3 is 2.77 bits per heavy atom. The lowest BCUT2D eigenvalue weighted by Crippen LogP contribution is -2.13. The first-order chi connectivity index (χ1) is 12.6. The Labute approximate surface area is 148 Å². The van der Waals surface area contributed by atoms with Crippen molar-refractivity contribution in [3.05, 3.63) is 60.3 Å². The number of amides is 1. The number of hydrogen-bond donors (Lipinski definition) is 1. The number of benzene rings is 2. The van der Waals surface area contributed by atoms with Gasteiger partial charge >= 0.3 is 6.61 Å². The van der Waals surface area contributed by atoms with E-state index in [1.165, 1.54) is 18.2 Å². The van der Waals surface area contributed by atoms with Gasteiger partial charge in [-0.2, -0.15) is 8.78 Å². The fraction of sp³-hybridized carbons (Fsp3) is 0.158. The summed E-state index contributed by atoms with van der Waals surface area (Å²) in [6.45, 7) is -1.01. The number of carbonyl (C=O) groups is 1. The zero-order valence-electron chi connectivity index (χ0n) is 13.9. The molecule has 3 aromatic rings. The van der Waals surface area contributed by atoms with Crippen molar-refractivity contribution in [3.8, 4) is 11.5 Å². The van der Waals surface area contributed by atoms with E-state index in [9.17, 15) is 13.6 Å². The molecule has 0 radical (unpaired) electrons. The van der Waals surface area contributed by atoms with Gasteiger partial charge in [-0.1, -0.05) is 6.07 Å². The Hall–Kier alpha value is -3.22. The summed E-state index contributed by atoms with van der Waals surface area (Å²) in [5.41, 5.74) is 1.61. The van der Waals surface area contributed by atoms with Crippen molar-refractivity contribution in [1.29, 1.82) is 0 Å². The molecule has 1 N–H and O–H groups in total. The third kappa shape index (κ3) is 3.88. The highest BCUT2D eigenvalue weighted by atomic mass is 19.3. The average molecular weight is 358 g/mol. The molecule has 7 heteroatoms. The van der Waals surface area contributed by atoms with Crippen molar-refractivity contribution >= 4 is 22.5 Å².